The number of aryl methyl sites for hydroxylation is 2. The third kappa shape index (κ3) is 4.69. The van der Waals surface area contributed by atoms with Crippen LogP contribution in [0.2, 0.25) is 0 Å². The number of carbonyl (C=O) groups is 2. The van der Waals surface area contributed by atoms with Crippen LogP contribution < -0.4 is 9.80 Å². The largest absolute Gasteiger partial charge is 0.368 e. The van der Waals surface area contributed by atoms with E-state index in [4.69, 9.17) is 0 Å². The molecule has 0 N–H and O–H groups in total. The normalized spacial score (nSPS) is 17.0. The highest BCUT2D eigenvalue weighted by Gasteiger charge is 2.31. The van der Waals surface area contributed by atoms with E-state index in [-0.39, 0.29) is 23.1 Å². The number of fused-ring (bicyclic) bond motifs is 1. The predicted octanol–water partition coefficient (Wildman–Crippen LogP) is 3.11. The molecule has 2 aromatic rings. The molecule has 7 nitrogen and oxygen atoms in total. The fourth-order valence-electron chi connectivity index (χ4n) is 4.96. The van der Waals surface area contributed by atoms with Gasteiger partial charge in [-0.05, 0) is 62.6 Å². The second kappa shape index (κ2) is 9.41. The standard InChI is InChI=1S/C26H33N3O4S/c1-18-5-7-24(19(2)15-18)27-11-13-28(14-12-27)26(31)16-20(3)34(32,33)23-6-8-25-22(17-23)9-10-29(25)21(4)30/h5-8,15,17,20H,9-14,16H2,1-4H3/t20-/m1/s1. The van der Waals surface area contributed by atoms with Crippen molar-refractivity contribution in [1.82, 2.24) is 4.90 Å². The molecule has 0 spiro atoms. The van der Waals surface area contributed by atoms with Crippen LogP contribution in [-0.2, 0) is 25.8 Å². The summed E-state index contributed by atoms with van der Waals surface area (Å²) in [5.74, 6) is -0.175. The van der Waals surface area contributed by atoms with Crippen LogP contribution in [0, 0.1) is 13.8 Å². The molecular formula is C26H33N3O4S. The van der Waals surface area contributed by atoms with E-state index in [1.54, 1.807) is 34.9 Å². The molecular weight excluding hydrogens is 450 g/mol. The number of hydrogen-bond donors (Lipinski definition) is 0. The maximum absolute atomic E-state index is 13.2. The minimum Gasteiger partial charge on any atom is -0.368 e. The van der Waals surface area contributed by atoms with Gasteiger partial charge in [-0.3, -0.25) is 9.59 Å². The summed E-state index contributed by atoms with van der Waals surface area (Å²) in [4.78, 5) is 30.7. The van der Waals surface area contributed by atoms with Gasteiger partial charge in [-0.1, -0.05) is 17.7 Å². The molecule has 1 fully saturated rings. The summed E-state index contributed by atoms with van der Waals surface area (Å²) < 4.78 is 26.4. The van der Waals surface area contributed by atoms with Gasteiger partial charge in [-0.25, -0.2) is 8.42 Å². The van der Waals surface area contributed by atoms with Gasteiger partial charge in [0.15, 0.2) is 9.84 Å². The molecule has 0 bridgehead atoms. The highest BCUT2D eigenvalue weighted by atomic mass is 32.2. The van der Waals surface area contributed by atoms with E-state index < -0.39 is 15.1 Å². The zero-order valence-electron chi connectivity index (χ0n) is 20.4. The quantitative estimate of drug-likeness (QED) is 0.653. The van der Waals surface area contributed by atoms with Crippen LogP contribution in [0.5, 0.6) is 0 Å². The van der Waals surface area contributed by atoms with Gasteiger partial charge in [0, 0.05) is 57.4 Å². The van der Waals surface area contributed by atoms with Crippen molar-refractivity contribution >= 4 is 33.0 Å². The van der Waals surface area contributed by atoms with E-state index in [9.17, 15) is 18.0 Å². The van der Waals surface area contributed by atoms with Gasteiger partial charge in [0.25, 0.3) is 0 Å². The number of hydrogen-bond acceptors (Lipinski definition) is 5. The van der Waals surface area contributed by atoms with Crippen LogP contribution in [0.15, 0.2) is 41.3 Å². The van der Waals surface area contributed by atoms with Crippen LogP contribution in [0.1, 0.15) is 37.0 Å². The predicted molar refractivity (Wildman–Crippen MR) is 134 cm³/mol. The number of anilines is 2. The number of rotatable bonds is 5. The van der Waals surface area contributed by atoms with Crippen LogP contribution in [0.3, 0.4) is 0 Å². The molecule has 2 aliphatic rings. The van der Waals surface area contributed by atoms with Crippen LogP contribution in [0.4, 0.5) is 11.4 Å². The molecule has 2 heterocycles. The molecule has 0 aromatic heterocycles. The fraction of sp³-hybridized carbons (Fsp3) is 0.462. The van der Waals surface area contributed by atoms with E-state index in [0.29, 0.717) is 26.1 Å². The second-order valence-corrected chi connectivity index (χ2v) is 11.8. The number of benzene rings is 2. The van der Waals surface area contributed by atoms with E-state index in [1.165, 1.54) is 23.7 Å². The smallest absolute Gasteiger partial charge is 0.224 e. The van der Waals surface area contributed by atoms with Gasteiger partial charge in [0.2, 0.25) is 11.8 Å². The molecule has 0 unspecified atom stereocenters. The first kappa shape index (κ1) is 24.3. The number of piperazine rings is 1. The fourth-order valence-corrected chi connectivity index (χ4v) is 6.35. The Bertz CT molecular complexity index is 1220. The van der Waals surface area contributed by atoms with Crippen molar-refractivity contribution in [3.8, 4) is 0 Å². The summed E-state index contributed by atoms with van der Waals surface area (Å²) in [6, 6.07) is 11.3. The van der Waals surface area contributed by atoms with Gasteiger partial charge in [-0.15, -0.1) is 0 Å². The third-order valence-corrected chi connectivity index (χ3v) is 9.11. The van der Waals surface area contributed by atoms with Gasteiger partial charge in [0.05, 0.1) is 10.1 Å². The summed E-state index contributed by atoms with van der Waals surface area (Å²) in [7, 11) is -3.66. The molecule has 34 heavy (non-hydrogen) atoms. The summed E-state index contributed by atoms with van der Waals surface area (Å²) in [5.41, 5.74) is 5.27. The zero-order valence-corrected chi connectivity index (χ0v) is 21.2. The van der Waals surface area contributed by atoms with Crippen LogP contribution in [0.25, 0.3) is 0 Å². The molecule has 4 rings (SSSR count). The number of nitrogens with zero attached hydrogens (tertiary/aromatic N) is 3. The van der Waals surface area contributed by atoms with Crippen molar-refractivity contribution in [3.63, 3.8) is 0 Å². The molecule has 0 saturated carbocycles. The molecule has 2 aromatic carbocycles. The van der Waals surface area contributed by atoms with E-state index in [0.717, 1.165) is 24.3 Å². The summed E-state index contributed by atoms with van der Waals surface area (Å²) >= 11 is 0. The van der Waals surface area contributed by atoms with Crippen LogP contribution >= 0.6 is 0 Å². The van der Waals surface area contributed by atoms with Crippen molar-refractivity contribution in [2.45, 2.75) is 50.7 Å². The molecule has 8 heteroatoms. The lowest BCUT2D eigenvalue weighted by atomic mass is 10.1. The molecule has 0 aliphatic carbocycles. The third-order valence-electron chi connectivity index (χ3n) is 6.97. The van der Waals surface area contributed by atoms with Gasteiger partial charge < -0.3 is 14.7 Å². The molecule has 2 aliphatic heterocycles. The SMILES string of the molecule is CC(=O)N1CCc2cc(S(=O)(=O)[C@H](C)CC(=O)N3CCN(c4ccc(C)cc4C)CC3)ccc21. The summed E-state index contributed by atoms with van der Waals surface area (Å²) in [6.07, 6.45) is 0.596. The number of carbonyl (C=O) groups excluding carboxylic acids is 2. The van der Waals surface area contributed by atoms with Crippen molar-refractivity contribution in [2.75, 3.05) is 42.5 Å². The second-order valence-electron chi connectivity index (χ2n) is 9.43. The Balaban J connectivity index is 1.38. The topological polar surface area (TPSA) is 78.0 Å². The Morgan fingerprint density at radius 1 is 0.941 bits per heavy atom. The van der Waals surface area contributed by atoms with Crippen molar-refractivity contribution in [1.29, 1.82) is 0 Å². The lowest BCUT2D eigenvalue weighted by Gasteiger charge is -2.37. The van der Waals surface area contributed by atoms with Crippen molar-refractivity contribution in [2.24, 2.45) is 0 Å². The minimum atomic E-state index is -3.66. The van der Waals surface area contributed by atoms with Crippen molar-refractivity contribution < 1.29 is 18.0 Å². The Hall–Kier alpha value is -2.87. The average molecular weight is 484 g/mol. The lowest BCUT2D eigenvalue weighted by molar-refractivity contribution is -0.131. The molecule has 1 saturated heterocycles. The van der Waals surface area contributed by atoms with Crippen molar-refractivity contribution in [3.05, 3.63) is 53.1 Å². The summed E-state index contributed by atoms with van der Waals surface area (Å²) in [5, 5.41) is -0.819. The Morgan fingerprint density at radius 2 is 1.62 bits per heavy atom. The van der Waals surface area contributed by atoms with E-state index >= 15 is 0 Å². The minimum absolute atomic E-state index is 0.0391. The van der Waals surface area contributed by atoms with E-state index in [1.807, 2.05) is 0 Å². The first-order valence-electron chi connectivity index (χ1n) is 11.8. The highest BCUT2D eigenvalue weighted by molar-refractivity contribution is 7.92. The highest BCUT2D eigenvalue weighted by Crippen LogP contribution is 2.32. The monoisotopic (exact) mass is 483 g/mol. The average Bonchev–Trinajstić information content (AvgIpc) is 3.23. The number of sulfone groups is 1. The molecule has 2 amide bonds. The molecule has 0 radical (unpaired) electrons. The maximum Gasteiger partial charge on any atom is 0.224 e. The zero-order chi connectivity index (χ0) is 24.6. The Morgan fingerprint density at radius 3 is 2.26 bits per heavy atom. The van der Waals surface area contributed by atoms with Crippen LogP contribution in [-0.4, -0.2) is 63.1 Å². The van der Waals surface area contributed by atoms with Gasteiger partial charge in [0.1, 0.15) is 0 Å². The first-order chi connectivity index (χ1) is 16.1. The maximum atomic E-state index is 13.2. The Kier molecular flexibility index (Phi) is 6.71. The van der Waals surface area contributed by atoms with Gasteiger partial charge >= 0.3 is 0 Å². The van der Waals surface area contributed by atoms with Gasteiger partial charge in [-0.2, -0.15) is 0 Å². The molecule has 182 valence electrons. The van der Waals surface area contributed by atoms with E-state index in [2.05, 4.69) is 36.9 Å². The first-order valence-corrected chi connectivity index (χ1v) is 13.4. The lowest BCUT2D eigenvalue weighted by Crippen LogP contribution is -2.49. The molecule has 1 atom stereocenters. The Labute approximate surface area is 202 Å². The summed E-state index contributed by atoms with van der Waals surface area (Å²) in [6.45, 7) is 10.5. The number of amides is 2.